The van der Waals surface area contributed by atoms with Crippen molar-refractivity contribution < 1.29 is 14.3 Å². The summed E-state index contributed by atoms with van der Waals surface area (Å²) < 4.78 is 4.43. The minimum absolute atomic E-state index is 0.00454. The molecule has 4 nitrogen and oxygen atoms in total. The number of esters is 1. The van der Waals surface area contributed by atoms with Gasteiger partial charge < -0.3 is 9.64 Å². The first-order chi connectivity index (χ1) is 9.49. The molecule has 0 aliphatic carbocycles. The van der Waals surface area contributed by atoms with Crippen molar-refractivity contribution in [3.63, 3.8) is 0 Å². The smallest absolute Gasteiger partial charge is 0.343 e. The van der Waals surface area contributed by atoms with Crippen molar-refractivity contribution in [3.05, 3.63) is 37.1 Å². The number of amides is 1. The van der Waals surface area contributed by atoms with Crippen molar-refractivity contribution in [2.75, 3.05) is 14.2 Å². The predicted molar refractivity (Wildman–Crippen MR) is 87.3 cm³/mol. The molecule has 0 aromatic heterocycles. The monoisotopic (exact) mass is 285 g/mol. The van der Waals surface area contributed by atoms with E-state index in [9.17, 15) is 9.59 Å². The van der Waals surface area contributed by atoms with Gasteiger partial charge in [0.25, 0.3) is 5.91 Å². The number of methoxy groups -OCH3 is 1. The number of hydrogen-bond acceptors (Lipinski definition) is 3. The van der Waals surface area contributed by atoms with Gasteiger partial charge in [-0.2, -0.15) is 0 Å². The van der Waals surface area contributed by atoms with E-state index in [1.807, 2.05) is 34.6 Å². The van der Waals surface area contributed by atoms with Gasteiger partial charge in [-0.15, -0.1) is 6.58 Å². The van der Waals surface area contributed by atoms with Gasteiger partial charge in [0, 0.05) is 7.05 Å². The van der Waals surface area contributed by atoms with Gasteiger partial charge >= 0.3 is 5.97 Å². The van der Waals surface area contributed by atoms with Crippen LogP contribution in [0.1, 0.15) is 41.5 Å². The van der Waals surface area contributed by atoms with Crippen LogP contribution in [0.15, 0.2) is 37.1 Å². The van der Waals surface area contributed by atoms with E-state index in [2.05, 4.69) is 17.9 Å². The Morgan fingerprint density at radius 1 is 1.05 bits per heavy atom. The van der Waals surface area contributed by atoms with Crippen molar-refractivity contribution >= 4 is 11.9 Å². The van der Waals surface area contributed by atoms with Gasteiger partial charge in [0.1, 0.15) is 5.57 Å². The molecule has 0 rings (SSSR count). The highest BCUT2D eigenvalue weighted by Gasteiger charge is 2.19. The molecule has 0 fully saturated rings. The maximum atomic E-state index is 11.4. The maximum Gasteiger partial charge on any atom is 0.343 e. The van der Waals surface area contributed by atoms with Crippen LogP contribution >= 0.6 is 0 Å². The third-order valence-electron chi connectivity index (χ3n) is 1.52. The first-order valence-electron chi connectivity index (χ1n) is 6.71. The molecule has 0 aliphatic rings. The maximum absolute atomic E-state index is 11.4. The van der Waals surface area contributed by atoms with Crippen LogP contribution in [0.5, 0.6) is 0 Å². The SMILES string of the molecule is C=CC.C=CN(C)C(=O)/C(=C\C)C(=O)OC.CC.CC. The molecule has 0 saturated heterocycles. The highest BCUT2D eigenvalue weighted by atomic mass is 16.5. The molecule has 0 spiro atoms. The fourth-order valence-electron chi connectivity index (χ4n) is 0.711. The zero-order chi connectivity index (χ0) is 17.1. The Morgan fingerprint density at radius 3 is 1.60 bits per heavy atom. The lowest BCUT2D eigenvalue weighted by Crippen LogP contribution is -2.26. The molecule has 0 aromatic carbocycles. The van der Waals surface area contributed by atoms with Crippen LogP contribution in [0.2, 0.25) is 0 Å². The van der Waals surface area contributed by atoms with Crippen LogP contribution in [0, 0.1) is 0 Å². The Morgan fingerprint density at radius 2 is 1.40 bits per heavy atom. The summed E-state index contributed by atoms with van der Waals surface area (Å²) in [6.07, 6.45) is 4.49. The van der Waals surface area contributed by atoms with Gasteiger partial charge in [-0.25, -0.2) is 4.79 Å². The summed E-state index contributed by atoms with van der Waals surface area (Å²) in [5.74, 6) is -1.06. The fraction of sp³-hybridized carbons (Fsp3) is 0.500. The van der Waals surface area contributed by atoms with Crippen molar-refractivity contribution in [1.82, 2.24) is 4.90 Å². The molecule has 1 amide bonds. The van der Waals surface area contributed by atoms with Crippen molar-refractivity contribution in [3.8, 4) is 0 Å². The van der Waals surface area contributed by atoms with E-state index >= 15 is 0 Å². The van der Waals surface area contributed by atoms with E-state index < -0.39 is 11.9 Å². The summed E-state index contributed by atoms with van der Waals surface area (Å²) in [6, 6.07) is 0. The molecular weight excluding hydrogens is 254 g/mol. The summed E-state index contributed by atoms with van der Waals surface area (Å²) in [5.41, 5.74) is 0.00454. The lowest BCUT2D eigenvalue weighted by Gasteiger charge is -2.11. The van der Waals surface area contributed by atoms with Crippen LogP contribution in [0.3, 0.4) is 0 Å². The van der Waals surface area contributed by atoms with Crippen LogP contribution in [0.4, 0.5) is 0 Å². The predicted octanol–water partition coefficient (Wildman–Crippen LogP) is 3.95. The van der Waals surface area contributed by atoms with E-state index in [0.29, 0.717) is 0 Å². The van der Waals surface area contributed by atoms with Gasteiger partial charge in [0.05, 0.1) is 7.11 Å². The van der Waals surface area contributed by atoms with E-state index in [4.69, 9.17) is 0 Å². The third kappa shape index (κ3) is 14.2. The average Bonchev–Trinajstić information content (AvgIpc) is 2.51. The number of nitrogens with zero attached hydrogens (tertiary/aromatic N) is 1. The van der Waals surface area contributed by atoms with E-state index in [-0.39, 0.29) is 5.57 Å². The topological polar surface area (TPSA) is 46.6 Å². The molecule has 4 heteroatoms. The van der Waals surface area contributed by atoms with E-state index in [1.165, 1.54) is 31.3 Å². The van der Waals surface area contributed by atoms with Gasteiger partial charge in [0.15, 0.2) is 0 Å². The molecule has 0 saturated carbocycles. The molecule has 0 aliphatic heterocycles. The molecule has 20 heavy (non-hydrogen) atoms. The minimum Gasteiger partial charge on any atom is -0.465 e. The zero-order valence-corrected chi connectivity index (χ0v) is 14.3. The van der Waals surface area contributed by atoms with Crippen LogP contribution in [0.25, 0.3) is 0 Å². The molecule has 118 valence electrons. The number of carbonyl (C=O) groups is 2. The Labute approximate surface area is 124 Å². The molecule has 0 aromatic rings. The van der Waals surface area contributed by atoms with Crippen molar-refractivity contribution in [2.45, 2.75) is 41.5 Å². The highest BCUT2D eigenvalue weighted by Crippen LogP contribution is 2.02. The first-order valence-corrected chi connectivity index (χ1v) is 6.71. The molecule has 0 heterocycles. The van der Waals surface area contributed by atoms with Gasteiger partial charge in [-0.1, -0.05) is 46.4 Å². The molecule has 0 bridgehead atoms. The summed E-state index contributed by atoms with van der Waals surface area (Å²) in [7, 11) is 2.74. The summed E-state index contributed by atoms with van der Waals surface area (Å²) in [6.45, 7) is 18.3. The number of likely N-dealkylation sites (N-methyl/N-ethyl adjacent to an activating group) is 1. The number of hydrogen-bond donors (Lipinski definition) is 0. The molecule has 0 atom stereocenters. The lowest BCUT2D eigenvalue weighted by molar-refractivity contribution is -0.139. The minimum atomic E-state index is -0.638. The second-order valence-electron chi connectivity index (χ2n) is 2.70. The Balaban J connectivity index is -0.000000155. The van der Waals surface area contributed by atoms with Crippen LogP contribution in [-0.4, -0.2) is 30.9 Å². The summed E-state index contributed by atoms with van der Waals surface area (Å²) in [5, 5.41) is 0. The first kappa shape index (κ1) is 26.7. The fourth-order valence-corrected chi connectivity index (χ4v) is 0.711. The number of rotatable bonds is 3. The summed E-state index contributed by atoms with van der Waals surface area (Å²) >= 11 is 0. The molecule has 0 unspecified atom stereocenters. The average molecular weight is 285 g/mol. The van der Waals surface area contributed by atoms with Gasteiger partial charge in [-0.3, -0.25) is 4.79 Å². The van der Waals surface area contributed by atoms with Crippen LogP contribution in [-0.2, 0) is 14.3 Å². The second kappa shape index (κ2) is 22.3. The number of allylic oxidation sites excluding steroid dienone is 2. The van der Waals surface area contributed by atoms with E-state index in [0.717, 1.165) is 0 Å². The number of ether oxygens (including phenoxy) is 1. The Bertz CT molecular complexity index is 294. The highest BCUT2D eigenvalue weighted by molar-refractivity contribution is 6.16. The second-order valence-corrected chi connectivity index (χ2v) is 2.70. The Kier molecular flexibility index (Phi) is 29.8. The third-order valence-corrected chi connectivity index (χ3v) is 1.52. The molecular formula is C16H31NO3. The Hall–Kier alpha value is -1.84. The van der Waals surface area contributed by atoms with Crippen molar-refractivity contribution in [1.29, 1.82) is 0 Å². The van der Waals surface area contributed by atoms with Gasteiger partial charge in [0.2, 0.25) is 0 Å². The lowest BCUT2D eigenvalue weighted by atomic mass is 10.2. The standard InChI is InChI=1S/C9H13NO3.C3H6.2C2H6/c1-5-7(9(12)13-4)8(11)10(3)6-2;1-3-2;2*1-2/h5-6H,2H2,1,3-4H3;3H,1H2,2H3;2*1-2H3/b7-5+;;;. The molecule has 0 N–H and O–H groups in total. The number of carbonyl (C=O) groups excluding carboxylic acids is 2. The quantitative estimate of drug-likeness (QED) is 0.259. The van der Waals surface area contributed by atoms with Crippen molar-refractivity contribution in [2.24, 2.45) is 0 Å². The van der Waals surface area contributed by atoms with Crippen LogP contribution < -0.4 is 0 Å². The normalized spacial score (nSPS) is 8.10. The zero-order valence-electron chi connectivity index (χ0n) is 14.3. The van der Waals surface area contributed by atoms with E-state index in [1.54, 1.807) is 13.0 Å². The van der Waals surface area contributed by atoms with Gasteiger partial charge in [-0.05, 0) is 20.0 Å². The molecule has 0 radical (unpaired) electrons. The summed E-state index contributed by atoms with van der Waals surface area (Å²) in [4.78, 5) is 23.6. The largest absolute Gasteiger partial charge is 0.465 e.